The SMILES string of the molecule is CN1C(=O)N(c2ccc3[nH]ncc3c2)C2(CCN(C(=O)C3(NC(=O)c4cc(C(F)(F)F)ccc4F)COC3)CC2)C1=O. The number of likely N-dealkylation sites (N-methyl/N-ethyl adjacent to an activating group) is 1. The Hall–Kier alpha value is -4.53. The number of hydrogen-bond acceptors (Lipinski definition) is 6. The third-order valence-electron chi connectivity index (χ3n) is 8.17. The Bertz CT molecular complexity index is 1630. The van der Waals surface area contributed by atoms with Crippen LogP contribution >= 0.6 is 0 Å². The van der Waals surface area contributed by atoms with Crippen molar-refractivity contribution >= 4 is 40.3 Å². The number of anilines is 1. The van der Waals surface area contributed by atoms with Crippen LogP contribution in [0.5, 0.6) is 0 Å². The summed E-state index contributed by atoms with van der Waals surface area (Å²) in [6.07, 6.45) is -3.03. The number of hydrogen-bond donors (Lipinski definition) is 2. The number of carbonyl (C=O) groups is 4. The molecular weight excluding hydrogens is 564 g/mol. The van der Waals surface area contributed by atoms with Crippen LogP contribution in [0, 0.1) is 5.82 Å². The molecule has 42 heavy (non-hydrogen) atoms. The summed E-state index contributed by atoms with van der Waals surface area (Å²) < 4.78 is 59.0. The second kappa shape index (κ2) is 9.51. The van der Waals surface area contributed by atoms with E-state index in [9.17, 15) is 36.7 Å². The lowest BCUT2D eigenvalue weighted by Gasteiger charge is -2.47. The van der Waals surface area contributed by atoms with E-state index in [4.69, 9.17) is 4.74 Å². The molecule has 3 aromatic rings. The van der Waals surface area contributed by atoms with Crippen molar-refractivity contribution in [2.45, 2.75) is 30.1 Å². The minimum Gasteiger partial charge on any atom is -0.375 e. The van der Waals surface area contributed by atoms with E-state index in [1.165, 1.54) is 16.8 Å². The predicted molar refractivity (Wildman–Crippen MR) is 138 cm³/mol. The first-order valence-corrected chi connectivity index (χ1v) is 13.0. The van der Waals surface area contributed by atoms with Crippen molar-refractivity contribution in [2.24, 2.45) is 0 Å². The molecule has 1 spiro atoms. The summed E-state index contributed by atoms with van der Waals surface area (Å²) in [6, 6.07) is 6.13. The number of aromatic amines is 1. The molecule has 15 heteroatoms. The molecular formula is C27H24F4N6O5. The van der Waals surface area contributed by atoms with Gasteiger partial charge in [0.15, 0.2) is 5.54 Å². The fourth-order valence-electron chi connectivity index (χ4n) is 5.79. The van der Waals surface area contributed by atoms with Crippen LogP contribution in [-0.2, 0) is 20.5 Å². The third kappa shape index (κ3) is 4.18. The number of carbonyl (C=O) groups excluding carboxylic acids is 4. The molecule has 0 radical (unpaired) electrons. The summed E-state index contributed by atoms with van der Waals surface area (Å²) in [5.74, 6) is -3.36. The molecule has 3 fully saturated rings. The molecule has 4 heterocycles. The highest BCUT2D eigenvalue weighted by Crippen LogP contribution is 2.41. The number of nitrogens with zero attached hydrogens (tertiary/aromatic N) is 4. The first-order chi connectivity index (χ1) is 19.9. The zero-order valence-corrected chi connectivity index (χ0v) is 22.1. The Morgan fingerprint density at radius 2 is 1.79 bits per heavy atom. The lowest BCUT2D eigenvalue weighted by atomic mass is 9.84. The van der Waals surface area contributed by atoms with Gasteiger partial charge in [-0.3, -0.25) is 29.3 Å². The van der Waals surface area contributed by atoms with E-state index in [-0.39, 0.29) is 39.1 Å². The van der Waals surface area contributed by atoms with E-state index in [1.54, 1.807) is 24.4 Å². The molecule has 0 aliphatic carbocycles. The molecule has 0 atom stereocenters. The maximum Gasteiger partial charge on any atom is 0.416 e. The molecule has 3 saturated heterocycles. The number of amides is 5. The number of halogens is 4. The fourth-order valence-corrected chi connectivity index (χ4v) is 5.79. The summed E-state index contributed by atoms with van der Waals surface area (Å²) in [5.41, 5.74) is -3.71. The van der Waals surface area contributed by atoms with E-state index in [1.807, 2.05) is 0 Å². The van der Waals surface area contributed by atoms with Crippen molar-refractivity contribution in [3.8, 4) is 0 Å². The van der Waals surface area contributed by atoms with Crippen LogP contribution in [0.25, 0.3) is 10.9 Å². The Kier molecular flexibility index (Phi) is 6.25. The lowest BCUT2D eigenvalue weighted by molar-refractivity contribution is -0.160. The van der Waals surface area contributed by atoms with E-state index in [0.717, 1.165) is 15.8 Å². The van der Waals surface area contributed by atoms with E-state index >= 15 is 0 Å². The molecule has 220 valence electrons. The molecule has 0 unspecified atom stereocenters. The first kappa shape index (κ1) is 27.6. The van der Waals surface area contributed by atoms with Gasteiger partial charge in [0.1, 0.15) is 11.4 Å². The zero-order chi connectivity index (χ0) is 30.0. The topological polar surface area (TPSA) is 128 Å². The monoisotopic (exact) mass is 588 g/mol. The number of fused-ring (bicyclic) bond motifs is 1. The van der Waals surface area contributed by atoms with Crippen molar-refractivity contribution in [3.63, 3.8) is 0 Å². The van der Waals surface area contributed by atoms with Gasteiger partial charge >= 0.3 is 12.2 Å². The molecule has 3 aliphatic heterocycles. The van der Waals surface area contributed by atoms with Gasteiger partial charge in [0.25, 0.3) is 17.7 Å². The fraction of sp³-hybridized carbons (Fsp3) is 0.370. The molecule has 11 nitrogen and oxygen atoms in total. The molecule has 2 aromatic carbocycles. The molecule has 2 N–H and O–H groups in total. The minimum absolute atomic E-state index is 0.0334. The average molecular weight is 589 g/mol. The summed E-state index contributed by atoms with van der Waals surface area (Å²) in [6.45, 7) is -0.467. The van der Waals surface area contributed by atoms with E-state index in [2.05, 4.69) is 15.5 Å². The van der Waals surface area contributed by atoms with Crippen molar-refractivity contribution in [1.29, 1.82) is 0 Å². The van der Waals surface area contributed by atoms with Gasteiger partial charge in [0.2, 0.25) is 0 Å². The number of imide groups is 1. The normalized spacial score (nSPS) is 19.9. The van der Waals surface area contributed by atoms with Gasteiger partial charge in [-0.05, 0) is 49.2 Å². The summed E-state index contributed by atoms with van der Waals surface area (Å²) in [5, 5.41) is 9.94. The third-order valence-corrected chi connectivity index (χ3v) is 8.17. The number of benzene rings is 2. The first-order valence-electron chi connectivity index (χ1n) is 13.0. The second-order valence-corrected chi connectivity index (χ2v) is 10.7. The van der Waals surface area contributed by atoms with Crippen molar-refractivity contribution < 1.29 is 41.5 Å². The Morgan fingerprint density at radius 3 is 2.43 bits per heavy atom. The van der Waals surface area contributed by atoms with Gasteiger partial charge in [-0.25, -0.2) is 9.18 Å². The van der Waals surface area contributed by atoms with Crippen molar-refractivity contribution in [3.05, 3.63) is 59.5 Å². The van der Waals surface area contributed by atoms with E-state index < -0.39 is 58.0 Å². The van der Waals surface area contributed by atoms with Crippen LogP contribution in [0.1, 0.15) is 28.8 Å². The number of aromatic nitrogens is 2. The molecule has 1 aromatic heterocycles. The minimum atomic E-state index is -4.80. The highest BCUT2D eigenvalue weighted by molar-refractivity contribution is 6.17. The average Bonchev–Trinajstić information content (AvgIpc) is 3.47. The summed E-state index contributed by atoms with van der Waals surface area (Å²) in [4.78, 5) is 57.0. The standard InChI is InChI=1S/C27H24F4N6O5/c1-35-23(40)26(37(24(35)41)17-3-5-20-15(10-17)12-32-34-20)6-8-36(9-7-26)22(39)25(13-42-14-25)33-21(38)18-11-16(27(29,30)31)2-4-19(18)28/h2-5,10-12H,6-9,13-14H2,1H3,(H,32,34)(H,33,38). The summed E-state index contributed by atoms with van der Waals surface area (Å²) in [7, 11) is 1.39. The molecule has 6 rings (SSSR count). The smallest absolute Gasteiger partial charge is 0.375 e. The van der Waals surface area contributed by atoms with Gasteiger partial charge < -0.3 is 15.0 Å². The van der Waals surface area contributed by atoms with Crippen LogP contribution in [0.3, 0.4) is 0 Å². The van der Waals surface area contributed by atoms with Crippen molar-refractivity contribution in [2.75, 3.05) is 38.3 Å². The molecule has 0 bridgehead atoms. The van der Waals surface area contributed by atoms with Crippen LogP contribution in [0.2, 0.25) is 0 Å². The van der Waals surface area contributed by atoms with Crippen molar-refractivity contribution in [1.82, 2.24) is 25.3 Å². The Morgan fingerprint density at radius 1 is 1.07 bits per heavy atom. The van der Waals surface area contributed by atoms with Gasteiger partial charge in [-0.2, -0.15) is 18.3 Å². The maximum atomic E-state index is 14.3. The Labute approximate surface area is 235 Å². The maximum absolute atomic E-state index is 14.3. The molecule has 3 aliphatic rings. The van der Waals surface area contributed by atoms with Crippen LogP contribution in [0.15, 0.2) is 42.6 Å². The lowest BCUT2D eigenvalue weighted by Crippen LogP contribution is -2.71. The highest BCUT2D eigenvalue weighted by atomic mass is 19.4. The second-order valence-electron chi connectivity index (χ2n) is 10.7. The van der Waals surface area contributed by atoms with Gasteiger partial charge in [-0.1, -0.05) is 0 Å². The van der Waals surface area contributed by atoms with Gasteiger partial charge in [-0.15, -0.1) is 0 Å². The zero-order valence-electron chi connectivity index (χ0n) is 22.1. The van der Waals surface area contributed by atoms with Gasteiger partial charge in [0, 0.05) is 31.2 Å². The van der Waals surface area contributed by atoms with Crippen LogP contribution in [0.4, 0.5) is 28.0 Å². The number of rotatable bonds is 4. The number of nitrogens with one attached hydrogen (secondary N) is 2. The number of H-pyrrole nitrogens is 1. The quantitative estimate of drug-likeness (QED) is 0.357. The largest absolute Gasteiger partial charge is 0.416 e. The number of urea groups is 1. The van der Waals surface area contributed by atoms with E-state index in [0.29, 0.717) is 23.9 Å². The number of alkyl halides is 3. The van der Waals surface area contributed by atoms with Crippen LogP contribution in [-0.4, -0.2) is 88.2 Å². The summed E-state index contributed by atoms with van der Waals surface area (Å²) >= 11 is 0. The number of piperidine rings is 1. The predicted octanol–water partition coefficient (Wildman–Crippen LogP) is 2.68. The number of ether oxygens (including phenoxy) is 1. The Balaban J connectivity index is 1.22. The highest BCUT2D eigenvalue weighted by Gasteiger charge is 2.59. The number of likely N-dealkylation sites (tertiary alicyclic amines) is 1. The molecule has 0 saturated carbocycles. The van der Waals surface area contributed by atoms with Crippen LogP contribution < -0.4 is 10.2 Å². The van der Waals surface area contributed by atoms with Gasteiger partial charge in [0.05, 0.1) is 36.1 Å². The molecule has 5 amide bonds.